The summed E-state index contributed by atoms with van der Waals surface area (Å²) in [7, 11) is -1.33. The molecule has 3 aromatic heterocycles. The molecule has 10 nitrogen and oxygen atoms in total. The molecule has 0 bridgehead atoms. The average Bonchev–Trinajstić information content (AvgIpc) is 3.45. The highest BCUT2D eigenvalue weighted by Crippen LogP contribution is 2.34. The number of sulfone groups is 1. The Kier molecular flexibility index (Phi) is 5.96. The van der Waals surface area contributed by atoms with Crippen LogP contribution in [0.4, 0.5) is 6.01 Å². The molecular weight excluding hydrogens is 468 g/mol. The lowest BCUT2D eigenvalue weighted by Crippen LogP contribution is -2.38. The fourth-order valence-corrected chi connectivity index (χ4v) is 4.92. The Morgan fingerprint density at radius 2 is 1.83 bits per heavy atom. The van der Waals surface area contributed by atoms with Crippen LogP contribution >= 0.6 is 0 Å². The Morgan fingerprint density at radius 1 is 1.11 bits per heavy atom. The minimum Gasteiger partial charge on any atom is -0.473 e. The van der Waals surface area contributed by atoms with Crippen molar-refractivity contribution in [1.82, 2.24) is 24.7 Å². The number of hydrogen-bond acceptors (Lipinski definition) is 9. The second kappa shape index (κ2) is 8.95. The molecular formula is C24H28N6O4S. The van der Waals surface area contributed by atoms with Gasteiger partial charge in [-0.1, -0.05) is 31.1 Å². The third-order valence-electron chi connectivity index (χ3n) is 6.25. The molecule has 0 spiro atoms. The Balaban J connectivity index is 1.34. The highest BCUT2D eigenvalue weighted by atomic mass is 32.2. The molecule has 4 heterocycles. The van der Waals surface area contributed by atoms with Crippen LogP contribution in [0.5, 0.6) is 5.88 Å². The fraction of sp³-hybridized carbons (Fsp3) is 0.417. The summed E-state index contributed by atoms with van der Waals surface area (Å²) in [5.41, 5.74) is 3.33. The molecule has 0 aliphatic carbocycles. The maximum Gasteiger partial charge on any atom is 0.324 e. The normalized spacial score (nSPS) is 15.3. The van der Waals surface area contributed by atoms with E-state index in [1.165, 1.54) is 12.6 Å². The van der Waals surface area contributed by atoms with Crippen molar-refractivity contribution in [3.8, 4) is 17.0 Å². The summed E-state index contributed by atoms with van der Waals surface area (Å²) in [6.45, 7) is 5.58. The van der Waals surface area contributed by atoms with E-state index in [0.29, 0.717) is 17.7 Å². The van der Waals surface area contributed by atoms with Crippen molar-refractivity contribution in [2.75, 3.05) is 24.2 Å². The molecule has 1 saturated heterocycles. The van der Waals surface area contributed by atoms with Gasteiger partial charge in [0.2, 0.25) is 5.88 Å². The largest absolute Gasteiger partial charge is 0.473 e. The number of benzene rings is 1. The van der Waals surface area contributed by atoms with Gasteiger partial charge < -0.3 is 18.7 Å². The SMILES string of the molecule is CC(C)c1noc(N2CCC(Oc3ncnc4c(-c5ccc(S(C)(=O)=O)cc5)cn(C)c34)CC2)n1. The first-order valence-corrected chi connectivity index (χ1v) is 13.5. The van der Waals surface area contributed by atoms with Gasteiger partial charge in [0.25, 0.3) is 0 Å². The Bertz CT molecular complexity index is 1450. The van der Waals surface area contributed by atoms with Gasteiger partial charge in [-0.25, -0.2) is 13.4 Å². The first-order valence-electron chi connectivity index (χ1n) is 11.6. The van der Waals surface area contributed by atoms with E-state index in [1.807, 2.05) is 31.7 Å². The first-order chi connectivity index (χ1) is 16.7. The summed E-state index contributed by atoms with van der Waals surface area (Å²) in [4.78, 5) is 15.8. The van der Waals surface area contributed by atoms with Gasteiger partial charge in [0.05, 0.1) is 4.90 Å². The molecule has 1 fully saturated rings. The van der Waals surface area contributed by atoms with Crippen molar-refractivity contribution >= 4 is 26.9 Å². The predicted molar refractivity (Wildman–Crippen MR) is 131 cm³/mol. The van der Waals surface area contributed by atoms with Crippen LogP contribution in [-0.2, 0) is 16.9 Å². The number of anilines is 1. The third kappa shape index (κ3) is 4.60. The number of rotatable bonds is 6. The van der Waals surface area contributed by atoms with Crippen molar-refractivity contribution in [1.29, 1.82) is 0 Å². The van der Waals surface area contributed by atoms with Crippen LogP contribution in [0.3, 0.4) is 0 Å². The van der Waals surface area contributed by atoms with E-state index in [4.69, 9.17) is 9.26 Å². The lowest BCUT2D eigenvalue weighted by Gasteiger charge is -2.30. The standard InChI is InChI=1S/C24H28N6O4S/c1-15(2)22-27-24(34-28-22)30-11-9-17(10-12-30)33-23-21-20(25-14-26-23)19(13-29(21)3)16-5-7-18(8-6-16)35(4,31)32/h5-8,13-15,17H,9-12H2,1-4H3. The number of aromatic nitrogens is 5. The van der Waals surface area contributed by atoms with Gasteiger partial charge in [-0.2, -0.15) is 9.97 Å². The highest BCUT2D eigenvalue weighted by molar-refractivity contribution is 7.90. The highest BCUT2D eigenvalue weighted by Gasteiger charge is 2.26. The van der Waals surface area contributed by atoms with Crippen LogP contribution in [0.2, 0.25) is 0 Å². The summed E-state index contributed by atoms with van der Waals surface area (Å²) in [5.74, 6) is 1.48. The summed E-state index contributed by atoms with van der Waals surface area (Å²) in [6.07, 6.45) is 6.28. The van der Waals surface area contributed by atoms with Crippen molar-refractivity contribution in [2.45, 2.75) is 43.6 Å². The quantitative estimate of drug-likeness (QED) is 0.395. The van der Waals surface area contributed by atoms with Gasteiger partial charge in [-0.15, -0.1) is 0 Å². The predicted octanol–water partition coefficient (Wildman–Crippen LogP) is 3.59. The van der Waals surface area contributed by atoms with E-state index in [0.717, 1.165) is 48.1 Å². The number of piperidine rings is 1. The Morgan fingerprint density at radius 3 is 2.46 bits per heavy atom. The summed E-state index contributed by atoms with van der Waals surface area (Å²) >= 11 is 0. The molecule has 5 rings (SSSR count). The van der Waals surface area contributed by atoms with Gasteiger partial charge in [0, 0.05) is 56.9 Å². The molecule has 0 saturated carbocycles. The average molecular weight is 497 g/mol. The second-order valence-corrected chi connectivity index (χ2v) is 11.2. The molecule has 0 N–H and O–H groups in total. The zero-order valence-electron chi connectivity index (χ0n) is 20.2. The van der Waals surface area contributed by atoms with Crippen LogP contribution in [0.25, 0.3) is 22.2 Å². The van der Waals surface area contributed by atoms with E-state index in [1.54, 1.807) is 24.3 Å². The molecule has 0 amide bonds. The number of fused-ring (bicyclic) bond motifs is 1. The van der Waals surface area contributed by atoms with E-state index >= 15 is 0 Å². The molecule has 11 heteroatoms. The minimum absolute atomic E-state index is 0.00392. The first kappa shape index (κ1) is 23.3. The third-order valence-corrected chi connectivity index (χ3v) is 7.38. The van der Waals surface area contributed by atoms with Crippen LogP contribution in [0, 0.1) is 0 Å². The van der Waals surface area contributed by atoms with Crippen LogP contribution in [-0.4, -0.2) is 58.5 Å². The smallest absolute Gasteiger partial charge is 0.324 e. The van der Waals surface area contributed by atoms with E-state index in [-0.39, 0.29) is 16.9 Å². The fourth-order valence-electron chi connectivity index (χ4n) is 4.29. The number of hydrogen-bond donors (Lipinski definition) is 0. The summed E-state index contributed by atoms with van der Waals surface area (Å²) in [6, 6.07) is 7.38. The van der Waals surface area contributed by atoms with Crippen molar-refractivity contribution in [3.05, 3.63) is 42.6 Å². The molecule has 35 heavy (non-hydrogen) atoms. The summed E-state index contributed by atoms with van der Waals surface area (Å²) in [5, 5.41) is 4.06. The Labute approximate surface area is 203 Å². The molecule has 1 aliphatic heterocycles. The van der Waals surface area contributed by atoms with Crippen molar-refractivity contribution in [2.24, 2.45) is 7.05 Å². The molecule has 0 atom stereocenters. The molecule has 0 radical (unpaired) electrons. The molecule has 1 aliphatic rings. The topological polar surface area (TPSA) is 116 Å². The lowest BCUT2D eigenvalue weighted by atomic mass is 10.1. The van der Waals surface area contributed by atoms with Gasteiger partial charge in [-0.05, 0) is 17.7 Å². The maximum atomic E-state index is 11.8. The van der Waals surface area contributed by atoms with Crippen molar-refractivity contribution < 1.29 is 17.7 Å². The van der Waals surface area contributed by atoms with Gasteiger partial charge in [0.1, 0.15) is 23.5 Å². The van der Waals surface area contributed by atoms with E-state index in [2.05, 4.69) is 25.0 Å². The zero-order chi connectivity index (χ0) is 24.7. The molecule has 0 unspecified atom stereocenters. The molecule has 1 aromatic carbocycles. The van der Waals surface area contributed by atoms with Crippen LogP contribution in [0.1, 0.15) is 38.4 Å². The van der Waals surface area contributed by atoms with Crippen LogP contribution in [0.15, 0.2) is 46.2 Å². The monoisotopic (exact) mass is 496 g/mol. The Hall–Kier alpha value is -3.47. The van der Waals surface area contributed by atoms with Crippen molar-refractivity contribution in [3.63, 3.8) is 0 Å². The molecule has 4 aromatic rings. The number of nitrogens with zero attached hydrogens (tertiary/aromatic N) is 6. The second-order valence-electron chi connectivity index (χ2n) is 9.22. The van der Waals surface area contributed by atoms with Gasteiger partial charge in [-0.3, -0.25) is 0 Å². The zero-order valence-corrected chi connectivity index (χ0v) is 21.0. The van der Waals surface area contributed by atoms with Crippen LogP contribution < -0.4 is 9.64 Å². The van der Waals surface area contributed by atoms with E-state index in [9.17, 15) is 8.42 Å². The summed E-state index contributed by atoms with van der Waals surface area (Å²) < 4.78 is 37.3. The maximum absolute atomic E-state index is 11.8. The van der Waals surface area contributed by atoms with Gasteiger partial charge in [0.15, 0.2) is 15.7 Å². The number of ether oxygens (including phenoxy) is 1. The number of aryl methyl sites for hydroxylation is 1. The molecule has 184 valence electrons. The van der Waals surface area contributed by atoms with E-state index < -0.39 is 9.84 Å². The van der Waals surface area contributed by atoms with Gasteiger partial charge >= 0.3 is 6.01 Å². The minimum atomic E-state index is -3.25. The lowest BCUT2D eigenvalue weighted by molar-refractivity contribution is 0.163.